The molecule has 6 heteroatoms. The lowest BCUT2D eigenvalue weighted by Crippen LogP contribution is -2.38. The van der Waals surface area contributed by atoms with Crippen molar-refractivity contribution in [1.82, 2.24) is 10.2 Å². The van der Waals surface area contributed by atoms with Gasteiger partial charge in [0.05, 0.1) is 13.7 Å². The maximum atomic E-state index is 12.0. The van der Waals surface area contributed by atoms with Crippen LogP contribution in [-0.2, 0) is 9.59 Å². The van der Waals surface area contributed by atoms with Crippen LogP contribution in [0, 0.1) is 0 Å². The van der Waals surface area contributed by atoms with Crippen molar-refractivity contribution in [3.63, 3.8) is 0 Å². The minimum absolute atomic E-state index is 0.0346. The summed E-state index contributed by atoms with van der Waals surface area (Å²) in [5.41, 5.74) is 0.651. The van der Waals surface area contributed by atoms with Crippen molar-refractivity contribution in [2.75, 3.05) is 39.1 Å². The maximum Gasteiger partial charge on any atom is 0.243 e. The molecule has 2 N–H and O–H groups in total. The van der Waals surface area contributed by atoms with Crippen molar-refractivity contribution >= 4 is 17.5 Å². The summed E-state index contributed by atoms with van der Waals surface area (Å²) in [5, 5.41) is 5.69. The van der Waals surface area contributed by atoms with Gasteiger partial charge in [-0.3, -0.25) is 9.59 Å². The van der Waals surface area contributed by atoms with Crippen LogP contribution in [0.4, 0.5) is 5.69 Å². The molecule has 21 heavy (non-hydrogen) atoms. The monoisotopic (exact) mass is 293 g/mol. The normalized spacial score (nSPS) is 10.0. The number of amides is 2. The number of hydrogen-bond donors (Lipinski definition) is 2. The van der Waals surface area contributed by atoms with Gasteiger partial charge < -0.3 is 20.3 Å². The quantitative estimate of drug-likeness (QED) is 0.753. The Labute approximate surface area is 125 Å². The molecule has 0 saturated heterocycles. The first-order valence-electron chi connectivity index (χ1n) is 6.97. The summed E-state index contributed by atoms with van der Waals surface area (Å²) in [6.07, 6.45) is 0.386. The van der Waals surface area contributed by atoms with Crippen LogP contribution >= 0.6 is 0 Å². The Morgan fingerprint density at radius 2 is 2.10 bits per heavy atom. The highest BCUT2D eigenvalue weighted by Gasteiger charge is 2.15. The predicted molar refractivity (Wildman–Crippen MR) is 82.4 cm³/mol. The number of anilines is 1. The van der Waals surface area contributed by atoms with Gasteiger partial charge in [0.15, 0.2) is 0 Å². The van der Waals surface area contributed by atoms with Gasteiger partial charge >= 0.3 is 0 Å². The highest BCUT2D eigenvalue weighted by Crippen LogP contribution is 2.16. The van der Waals surface area contributed by atoms with E-state index >= 15 is 0 Å². The van der Waals surface area contributed by atoms with Gasteiger partial charge in [-0.05, 0) is 26.1 Å². The molecule has 116 valence electrons. The molecule has 0 aliphatic heterocycles. The molecule has 0 bridgehead atoms. The molecule has 1 aromatic carbocycles. The molecule has 2 amide bonds. The van der Waals surface area contributed by atoms with Crippen LogP contribution in [0.5, 0.6) is 5.75 Å². The fourth-order valence-electron chi connectivity index (χ4n) is 1.84. The van der Waals surface area contributed by atoms with Gasteiger partial charge in [-0.2, -0.15) is 0 Å². The molecule has 1 rings (SSSR count). The van der Waals surface area contributed by atoms with Crippen molar-refractivity contribution < 1.29 is 14.3 Å². The van der Waals surface area contributed by atoms with Gasteiger partial charge in [-0.15, -0.1) is 0 Å². The first kappa shape index (κ1) is 17.0. The molecular formula is C15H23N3O3. The van der Waals surface area contributed by atoms with Gasteiger partial charge in [0.1, 0.15) is 5.75 Å². The number of carbonyl (C=O) groups excluding carboxylic acids is 2. The van der Waals surface area contributed by atoms with E-state index in [4.69, 9.17) is 4.74 Å². The minimum atomic E-state index is -0.220. The minimum Gasteiger partial charge on any atom is -0.497 e. The molecule has 0 aliphatic rings. The molecule has 0 aliphatic carbocycles. The molecule has 0 spiro atoms. The Hall–Kier alpha value is -2.08. The SMILES string of the molecule is CCN(CC(=O)Nc1cccc(OC)c1)C(=O)CCNC. The number of rotatable bonds is 8. The number of benzene rings is 1. The number of hydrogen-bond acceptors (Lipinski definition) is 4. The second-order valence-electron chi connectivity index (χ2n) is 4.54. The molecule has 0 radical (unpaired) electrons. The lowest BCUT2D eigenvalue weighted by Gasteiger charge is -2.20. The Morgan fingerprint density at radius 1 is 1.33 bits per heavy atom. The van der Waals surface area contributed by atoms with Gasteiger partial charge in [0, 0.05) is 31.3 Å². The van der Waals surface area contributed by atoms with Crippen LogP contribution in [0.1, 0.15) is 13.3 Å². The third-order valence-electron chi connectivity index (χ3n) is 3.01. The van der Waals surface area contributed by atoms with Crippen LogP contribution in [0.15, 0.2) is 24.3 Å². The van der Waals surface area contributed by atoms with Crippen LogP contribution in [0.3, 0.4) is 0 Å². The molecule has 1 aromatic rings. The fourth-order valence-corrected chi connectivity index (χ4v) is 1.84. The second-order valence-corrected chi connectivity index (χ2v) is 4.54. The van der Waals surface area contributed by atoms with Crippen molar-refractivity contribution in [3.8, 4) is 5.75 Å². The number of nitrogens with zero attached hydrogens (tertiary/aromatic N) is 1. The number of carbonyl (C=O) groups is 2. The summed E-state index contributed by atoms with van der Waals surface area (Å²) < 4.78 is 5.10. The largest absolute Gasteiger partial charge is 0.497 e. The first-order valence-corrected chi connectivity index (χ1v) is 6.97. The Balaban J connectivity index is 2.56. The molecule has 0 heterocycles. The molecule has 0 atom stereocenters. The molecule has 0 saturated carbocycles. The van der Waals surface area contributed by atoms with Gasteiger partial charge in [0.2, 0.25) is 11.8 Å². The average Bonchev–Trinajstić information content (AvgIpc) is 2.50. The molecular weight excluding hydrogens is 270 g/mol. The number of nitrogens with one attached hydrogen (secondary N) is 2. The van der Waals surface area contributed by atoms with E-state index in [1.54, 1.807) is 38.4 Å². The van der Waals surface area contributed by atoms with Crippen LogP contribution in [0.2, 0.25) is 0 Å². The van der Waals surface area contributed by atoms with Crippen molar-refractivity contribution in [2.24, 2.45) is 0 Å². The van der Waals surface area contributed by atoms with Gasteiger partial charge in [-0.25, -0.2) is 0 Å². The summed E-state index contributed by atoms with van der Waals surface area (Å²) in [6.45, 7) is 3.02. The van der Waals surface area contributed by atoms with E-state index in [-0.39, 0.29) is 18.4 Å². The molecule has 0 aromatic heterocycles. The van der Waals surface area contributed by atoms with E-state index in [0.717, 1.165) is 0 Å². The Kier molecular flexibility index (Phi) is 7.25. The topological polar surface area (TPSA) is 70.7 Å². The summed E-state index contributed by atoms with van der Waals surface area (Å²) >= 11 is 0. The summed E-state index contributed by atoms with van der Waals surface area (Å²) in [6, 6.07) is 7.11. The standard InChI is InChI=1S/C15H23N3O3/c1-4-18(15(20)8-9-16-2)11-14(19)17-12-6-5-7-13(10-12)21-3/h5-7,10,16H,4,8-9,11H2,1-3H3,(H,17,19). The number of methoxy groups -OCH3 is 1. The van der Waals surface area contributed by atoms with E-state index in [0.29, 0.717) is 30.9 Å². The van der Waals surface area contributed by atoms with E-state index in [2.05, 4.69) is 10.6 Å². The Bertz CT molecular complexity index is 477. The second kappa shape index (κ2) is 8.97. The van der Waals surface area contributed by atoms with Crippen LogP contribution in [0.25, 0.3) is 0 Å². The van der Waals surface area contributed by atoms with E-state index < -0.39 is 0 Å². The number of ether oxygens (including phenoxy) is 1. The Morgan fingerprint density at radius 3 is 2.71 bits per heavy atom. The van der Waals surface area contributed by atoms with Crippen LogP contribution in [-0.4, -0.2) is 50.5 Å². The first-order chi connectivity index (χ1) is 10.1. The van der Waals surface area contributed by atoms with Crippen molar-refractivity contribution in [2.45, 2.75) is 13.3 Å². The summed E-state index contributed by atoms with van der Waals surface area (Å²) in [7, 11) is 3.36. The van der Waals surface area contributed by atoms with Crippen molar-refractivity contribution in [3.05, 3.63) is 24.3 Å². The number of likely N-dealkylation sites (N-methyl/N-ethyl adjacent to an activating group) is 1. The zero-order chi connectivity index (χ0) is 15.7. The average molecular weight is 293 g/mol. The zero-order valence-corrected chi connectivity index (χ0v) is 12.8. The molecule has 6 nitrogen and oxygen atoms in total. The highest BCUT2D eigenvalue weighted by molar-refractivity contribution is 5.94. The lowest BCUT2D eigenvalue weighted by atomic mass is 10.3. The maximum absolute atomic E-state index is 12.0. The molecule has 0 unspecified atom stereocenters. The smallest absolute Gasteiger partial charge is 0.243 e. The van der Waals surface area contributed by atoms with Gasteiger partial charge in [0.25, 0.3) is 0 Å². The zero-order valence-electron chi connectivity index (χ0n) is 12.8. The van der Waals surface area contributed by atoms with Crippen molar-refractivity contribution in [1.29, 1.82) is 0 Å². The van der Waals surface area contributed by atoms with E-state index in [1.807, 2.05) is 6.92 Å². The van der Waals surface area contributed by atoms with E-state index in [9.17, 15) is 9.59 Å². The highest BCUT2D eigenvalue weighted by atomic mass is 16.5. The summed E-state index contributed by atoms with van der Waals surface area (Å²) in [5.74, 6) is 0.417. The van der Waals surface area contributed by atoms with Gasteiger partial charge in [-0.1, -0.05) is 6.07 Å². The summed E-state index contributed by atoms with van der Waals surface area (Å²) in [4.78, 5) is 25.4. The predicted octanol–water partition coefficient (Wildman–Crippen LogP) is 1.09. The molecule has 0 fully saturated rings. The fraction of sp³-hybridized carbons (Fsp3) is 0.467. The third-order valence-corrected chi connectivity index (χ3v) is 3.01. The van der Waals surface area contributed by atoms with Crippen LogP contribution < -0.4 is 15.4 Å². The van der Waals surface area contributed by atoms with E-state index in [1.165, 1.54) is 4.90 Å². The lowest BCUT2D eigenvalue weighted by molar-refractivity contribution is -0.134. The third kappa shape index (κ3) is 5.83.